The molecule has 0 radical (unpaired) electrons. The van der Waals surface area contributed by atoms with Crippen LogP contribution in [0.3, 0.4) is 0 Å². The summed E-state index contributed by atoms with van der Waals surface area (Å²) < 4.78 is 24.0. The van der Waals surface area contributed by atoms with E-state index in [9.17, 15) is 10.5 Å². The molecule has 0 spiro atoms. The molecule has 0 aliphatic carbocycles. The molecule has 0 bridgehead atoms. The van der Waals surface area contributed by atoms with E-state index in [1.807, 2.05) is 31.2 Å². The molecule has 2 saturated heterocycles. The molecule has 0 amide bonds. The molecule has 2 aromatic rings. The van der Waals surface area contributed by atoms with Crippen LogP contribution >= 0.6 is 0 Å². The van der Waals surface area contributed by atoms with Crippen LogP contribution in [0.25, 0.3) is 0 Å². The Morgan fingerprint density at radius 1 is 0.806 bits per heavy atom. The maximum atomic E-state index is 9.22. The lowest BCUT2D eigenvalue weighted by atomic mass is 9.94. The molecule has 0 N–H and O–H groups in total. The molecule has 2 aliphatic heterocycles. The zero-order valence-corrected chi connectivity index (χ0v) is 16.5. The molecule has 0 aromatic heterocycles. The van der Waals surface area contributed by atoms with Crippen LogP contribution in [-0.2, 0) is 9.47 Å². The molecule has 8 heteroatoms. The zero-order valence-electron chi connectivity index (χ0n) is 16.5. The van der Waals surface area contributed by atoms with Gasteiger partial charge in [0.25, 0.3) is 0 Å². The van der Waals surface area contributed by atoms with Gasteiger partial charge < -0.3 is 18.9 Å². The Morgan fingerprint density at radius 3 is 1.90 bits per heavy atom. The lowest BCUT2D eigenvalue weighted by Crippen LogP contribution is -2.47. The van der Waals surface area contributed by atoms with Crippen molar-refractivity contribution in [1.82, 2.24) is 0 Å². The summed E-state index contributed by atoms with van der Waals surface area (Å²) in [4.78, 5) is 0. The minimum Gasteiger partial charge on any atom is -0.485 e. The third-order valence-corrected chi connectivity index (χ3v) is 5.56. The summed E-state index contributed by atoms with van der Waals surface area (Å²) in [6.45, 7) is 2.41. The molecule has 4 atom stereocenters. The number of benzene rings is 2. The first-order valence-electron chi connectivity index (χ1n) is 9.49. The van der Waals surface area contributed by atoms with Gasteiger partial charge in [0.15, 0.2) is 12.2 Å². The van der Waals surface area contributed by atoms with E-state index in [4.69, 9.17) is 29.5 Å². The quantitative estimate of drug-likeness (QED) is 0.748. The van der Waals surface area contributed by atoms with E-state index in [1.165, 1.54) is 12.1 Å². The number of rotatable bonds is 4. The Balaban J connectivity index is 1.50. The highest BCUT2D eigenvalue weighted by atomic mass is 16.7. The van der Waals surface area contributed by atoms with Gasteiger partial charge in [0.2, 0.25) is 0 Å². The Labute approximate surface area is 179 Å². The van der Waals surface area contributed by atoms with Crippen LogP contribution in [0.4, 0.5) is 0 Å². The summed E-state index contributed by atoms with van der Waals surface area (Å²) in [5, 5.41) is 36.6. The first-order chi connectivity index (χ1) is 15.0. The van der Waals surface area contributed by atoms with Crippen LogP contribution in [0.5, 0.6) is 11.5 Å². The predicted molar refractivity (Wildman–Crippen MR) is 105 cm³/mol. The van der Waals surface area contributed by atoms with Crippen molar-refractivity contribution in [3.8, 4) is 35.8 Å². The molecule has 2 heterocycles. The lowest BCUT2D eigenvalue weighted by molar-refractivity contribution is -0.0531. The number of ether oxygens (including phenoxy) is 4. The van der Waals surface area contributed by atoms with Gasteiger partial charge in [0.1, 0.15) is 47.5 Å². The van der Waals surface area contributed by atoms with Crippen LogP contribution in [0.1, 0.15) is 29.2 Å². The number of hydrogen-bond donors (Lipinski definition) is 0. The first-order valence-corrected chi connectivity index (χ1v) is 9.49. The summed E-state index contributed by atoms with van der Waals surface area (Å²) >= 11 is 0. The van der Waals surface area contributed by atoms with E-state index in [0.717, 1.165) is 0 Å². The van der Waals surface area contributed by atoms with E-state index >= 15 is 0 Å². The van der Waals surface area contributed by atoms with Gasteiger partial charge in [-0.3, -0.25) is 0 Å². The van der Waals surface area contributed by atoms with Crippen LogP contribution in [0.15, 0.2) is 36.4 Å². The Kier molecular flexibility index (Phi) is 5.20. The third-order valence-electron chi connectivity index (χ3n) is 5.56. The summed E-state index contributed by atoms with van der Waals surface area (Å²) in [6.07, 6.45) is -1.28. The summed E-state index contributed by atoms with van der Waals surface area (Å²) in [7, 11) is 0. The maximum absolute atomic E-state index is 9.22. The van der Waals surface area contributed by atoms with Crippen molar-refractivity contribution >= 4 is 0 Å². The van der Waals surface area contributed by atoms with Gasteiger partial charge in [0.05, 0.1) is 35.5 Å². The first kappa shape index (κ1) is 20.2. The van der Waals surface area contributed by atoms with Gasteiger partial charge in [-0.2, -0.15) is 21.0 Å². The second kappa shape index (κ2) is 7.98. The third kappa shape index (κ3) is 3.52. The van der Waals surface area contributed by atoms with Gasteiger partial charge in [-0.25, -0.2) is 0 Å². The zero-order chi connectivity index (χ0) is 22.0. The summed E-state index contributed by atoms with van der Waals surface area (Å²) in [5.41, 5.74) is 0.266. The van der Waals surface area contributed by atoms with E-state index in [0.29, 0.717) is 11.5 Å². The average molecular weight is 412 g/mol. The number of fused-ring (bicyclic) bond motifs is 1. The smallest absolute Gasteiger partial charge is 0.153 e. The largest absolute Gasteiger partial charge is 0.485 e. The molecule has 2 aliphatic rings. The van der Waals surface area contributed by atoms with Gasteiger partial charge in [-0.1, -0.05) is 0 Å². The Bertz CT molecular complexity index is 1200. The van der Waals surface area contributed by atoms with Crippen LogP contribution < -0.4 is 9.47 Å². The molecule has 2 unspecified atom stereocenters. The second-order valence-electron chi connectivity index (χ2n) is 7.37. The van der Waals surface area contributed by atoms with Crippen molar-refractivity contribution in [1.29, 1.82) is 21.0 Å². The number of hydrogen-bond acceptors (Lipinski definition) is 8. The molecular formula is C23H16N4O4. The highest BCUT2D eigenvalue weighted by Gasteiger charge is 2.59. The molecule has 4 rings (SSSR count). The molecule has 152 valence electrons. The van der Waals surface area contributed by atoms with Gasteiger partial charge in [-0.15, -0.1) is 0 Å². The van der Waals surface area contributed by atoms with Crippen molar-refractivity contribution in [2.24, 2.45) is 0 Å². The summed E-state index contributed by atoms with van der Waals surface area (Å²) in [6, 6.07) is 17.3. The van der Waals surface area contributed by atoms with Gasteiger partial charge in [0, 0.05) is 0 Å². The molecule has 0 saturated carbocycles. The maximum Gasteiger partial charge on any atom is 0.153 e. The topological polar surface area (TPSA) is 132 Å². The second-order valence-corrected chi connectivity index (χ2v) is 7.37. The van der Waals surface area contributed by atoms with Crippen molar-refractivity contribution in [3.05, 3.63) is 58.7 Å². The van der Waals surface area contributed by atoms with Crippen molar-refractivity contribution in [2.45, 2.75) is 30.8 Å². The minimum atomic E-state index is -0.782. The highest BCUT2D eigenvalue weighted by molar-refractivity contribution is 5.50. The van der Waals surface area contributed by atoms with Gasteiger partial charge in [-0.05, 0) is 43.3 Å². The monoisotopic (exact) mass is 412 g/mol. The Morgan fingerprint density at radius 2 is 1.35 bits per heavy atom. The number of nitrogens with zero attached hydrogens (tertiary/aromatic N) is 4. The van der Waals surface area contributed by atoms with Crippen molar-refractivity contribution in [3.63, 3.8) is 0 Å². The summed E-state index contributed by atoms with van der Waals surface area (Å²) in [5.74, 6) is 0.900. The lowest BCUT2D eigenvalue weighted by Gasteiger charge is -2.29. The fraction of sp³-hybridized carbons (Fsp3) is 0.304. The normalized spacial score (nSPS) is 26.0. The fourth-order valence-electron chi connectivity index (χ4n) is 3.87. The molecule has 2 aromatic carbocycles. The van der Waals surface area contributed by atoms with E-state index in [2.05, 4.69) is 0 Å². The van der Waals surface area contributed by atoms with Crippen molar-refractivity contribution in [2.75, 3.05) is 13.2 Å². The molecule has 8 nitrogen and oxygen atoms in total. The fourth-order valence-corrected chi connectivity index (χ4v) is 3.87. The predicted octanol–water partition coefficient (Wildman–Crippen LogP) is 2.56. The molecule has 2 fully saturated rings. The van der Waals surface area contributed by atoms with Gasteiger partial charge >= 0.3 is 0 Å². The SMILES string of the molecule is C[C@]12OCC(Oc3ccc(C#N)c(C#N)c3)[C@H]1OCC2Oc1ccc(C#N)c(C#N)c1. The van der Waals surface area contributed by atoms with Crippen LogP contribution in [0.2, 0.25) is 0 Å². The average Bonchev–Trinajstić information content (AvgIpc) is 3.28. The molecule has 31 heavy (non-hydrogen) atoms. The van der Waals surface area contributed by atoms with Crippen LogP contribution in [-0.4, -0.2) is 37.1 Å². The number of nitriles is 4. The minimum absolute atomic E-state index is 0.239. The highest BCUT2D eigenvalue weighted by Crippen LogP contribution is 2.41. The van der Waals surface area contributed by atoms with E-state index in [-0.39, 0.29) is 35.5 Å². The van der Waals surface area contributed by atoms with Crippen molar-refractivity contribution < 1.29 is 18.9 Å². The van der Waals surface area contributed by atoms with E-state index in [1.54, 1.807) is 24.3 Å². The standard InChI is InChI=1S/C23H16N4O4/c1-23-21(31-19-5-3-15(9-25)17(7-19)11-27)13-28-22(23)20(12-29-23)30-18-4-2-14(8-24)16(6-18)10-26/h2-7,20-22H,12-13H2,1H3/t20?,21?,22-,23-/m1/s1. The van der Waals surface area contributed by atoms with E-state index < -0.39 is 23.9 Å². The van der Waals surface area contributed by atoms with Crippen LogP contribution in [0, 0.1) is 45.3 Å². The Hall–Kier alpha value is -4.08. The molecular weight excluding hydrogens is 396 g/mol.